The molecule has 186 valence electrons. The summed E-state index contributed by atoms with van der Waals surface area (Å²) in [6.45, 7) is 2.85. The van der Waals surface area contributed by atoms with E-state index >= 15 is 0 Å². The molecular formula is C24H22F3N7O2. The topological polar surface area (TPSA) is 96.4 Å². The smallest absolute Gasteiger partial charge is 0.433 e. The normalized spacial score (nSPS) is 16.2. The van der Waals surface area contributed by atoms with Crippen LogP contribution in [0.3, 0.4) is 0 Å². The first-order chi connectivity index (χ1) is 17.2. The Kier molecular flexibility index (Phi) is 5.94. The van der Waals surface area contributed by atoms with Crippen molar-refractivity contribution in [2.75, 3.05) is 28.7 Å². The lowest BCUT2D eigenvalue weighted by Crippen LogP contribution is -2.46. The van der Waals surface area contributed by atoms with Crippen molar-refractivity contribution in [3.05, 3.63) is 65.4 Å². The summed E-state index contributed by atoms with van der Waals surface area (Å²) >= 11 is 0. The van der Waals surface area contributed by atoms with Crippen molar-refractivity contribution in [3.63, 3.8) is 0 Å². The van der Waals surface area contributed by atoms with E-state index in [1.54, 1.807) is 34.2 Å². The molecule has 0 saturated heterocycles. The minimum Gasteiger partial charge on any atom is -0.437 e. The molecule has 0 unspecified atom stereocenters. The minimum atomic E-state index is -4.51. The van der Waals surface area contributed by atoms with Crippen molar-refractivity contribution in [2.45, 2.75) is 32.5 Å². The first-order valence-corrected chi connectivity index (χ1v) is 11.3. The lowest BCUT2D eigenvalue weighted by atomic mass is 10.0. The highest BCUT2D eigenvalue weighted by Crippen LogP contribution is 2.40. The average Bonchev–Trinajstić information content (AvgIpc) is 2.87. The second-order valence-corrected chi connectivity index (χ2v) is 8.30. The van der Waals surface area contributed by atoms with Crippen molar-refractivity contribution in [1.29, 1.82) is 0 Å². The SMILES string of the molecule is C/C=C1/C(=O)N2CCCc3nc(NCc4ccc(Oc5ccc(C(F)(F)F)nc5)nc4)nc(c32)N1C. The van der Waals surface area contributed by atoms with Crippen molar-refractivity contribution >= 4 is 23.4 Å². The Morgan fingerprint density at radius 1 is 1.14 bits per heavy atom. The van der Waals surface area contributed by atoms with Crippen LogP contribution in [0.2, 0.25) is 0 Å². The van der Waals surface area contributed by atoms with Crippen LogP contribution in [0.5, 0.6) is 11.6 Å². The molecular weight excluding hydrogens is 475 g/mol. The Hall–Kier alpha value is -4.22. The summed E-state index contributed by atoms with van der Waals surface area (Å²) in [7, 11) is 1.82. The van der Waals surface area contributed by atoms with Gasteiger partial charge in [-0.2, -0.15) is 18.2 Å². The number of aromatic nitrogens is 4. The standard InChI is InChI=1S/C24H22F3N7O2/c1-3-17-22(35)34-10-4-5-16-20(34)21(33(17)2)32-23(31-16)30-12-14-6-9-19(29-11-14)36-15-7-8-18(28-13-15)24(25,26)27/h3,6-9,11,13H,4-5,10,12H2,1-2H3,(H,30,31,32)/b17-3-. The Morgan fingerprint density at radius 2 is 1.97 bits per heavy atom. The summed E-state index contributed by atoms with van der Waals surface area (Å²) < 4.78 is 43.4. The van der Waals surface area contributed by atoms with Crippen molar-refractivity contribution in [3.8, 4) is 11.6 Å². The third kappa shape index (κ3) is 4.41. The van der Waals surface area contributed by atoms with Crippen molar-refractivity contribution < 1.29 is 22.7 Å². The van der Waals surface area contributed by atoms with Gasteiger partial charge in [-0.15, -0.1) is 0 Å². The number of hydrogen-bond donors (Lipinski definition) is 1. The van der Waals surface area contributed by atoms with Crippen LogP contribution in [0, 0.1) is 0 Å². The first-order valence-electron chi connectivity index (χ1n) is 11.3. The number of amides is 1. The van der Waals surface area contributed by atoms with Crippen LogP contribution in [0.4, 0.5) is 30.6 Å². The number of anilines is 3. The molecule has 5 heterocycles. The van der Waals surface area contributed by atoms with E-state index in [4.69, 9.17) is 4.74 Å². The zero-order chi connectivity index (χ0) is 25.4. The van der Waals surface area contributed by atoms with Gasteiger partial charge in [0.25, 0.3) is 5.91 Å². The second kappa shape index (κ2) is 9.10. The van der Waals surface area contributed by atoms with Gasteiger partial charge in [0.2, 0.25) is 11.8 Å². The number of nitrogens with one attached hydrogen (secondary N) is 1. The molecule has 0 aliphatic carbocycles. The molecule has 12 heteroatoms. The number of aryl methyl sites for hydroxylation is 1. The number of carbonyl (C=O) groups excluding carboxylic acids is 1. The van der Waals surface area contributed by atoms with Crippen LogP contribution in [-0.2, 0) is 23.9 Å². The van der Waals surface area contributed by atoms with Crippen LogP contribution in [0.1, 0.15) is 30.3 Å². The summed E-state index contributed by atoms with van der Waals surface area (Å²) in [5.41, 5.74) is 2.00. The molecule has 0 fully saturated rings. The zero-order valence-corrected chi connectivity index (χ0v) is 19.5. The van der Waals surface area contributed by atoms with E-state index in [1.807, 2.05) is 14.0 Å². The largest absolute Gasteiger partial charge is 0.437 e. The molecule has 36 heavy (non-hydrogen) atoms. The summed E-state index contributed by atoms with van der Waals surface area (Å²) in [4.78, 5) is 33.3. The van der Waals surface area contributed by atoms with E-state index in [-0.39, 0.29) is 17.5 Å². The number of hydrogen-bond acceptors (Lipinski definition) is 8. The Labute approximate surface area is 204 Å². The van der Waals surface area contributed by atoms with Gasteiger partial charge in [0.05, 0.1) is 11.9 Å². The van der Waals surface area contributed by atoms with Crippen LogP contribution in [0.25, 0.3) is 0 Å². The lowest BCUT2D eigenvalue weighted by molar-refractivity contribution is -0.141. The number of pyridine rings is 2. The maximum absolute atomic E-state index is 12.8. The Balaban J connectivity index is 1.28. The molecule has 2 aliphatic heterocycles. The van der Waals surface area contributed by atoms with Gasteiger partial charge in [-0.05, 0) is 37.5 Å². The molecule has 9 nitrogen and oxygen atoms in total. The van der Waals surface area contributed by atoms with E-state index in [2.05, 4.69) is 25.3 Å². The maximum atomic E-state index is 12.8. The van der Waals surface area contributed by atoms with E-state index < -0.39 is 11.9 Å². The molecule has 1 N–H and O–H groups in total. The second-order valence-electron chi connectivity index (χ2n) is 8.30. The van der Waals surface area contributed by atoms with Crippen LogP contribution < -0.4 is 19.9 Å². The molecule has 3 aromatic heterocycles. The van der Waals surface area contributed by atoms with E-state index in [0.29, 0.717) is 30.6 Å². The highest BCUT2D eigenvalue weighted by Gasteiger charge is 2.37. The number of carbonyl (C=O) groups is 1. The summed E-state index contributed by atoms with van der Waals surface area (Å²) in [6, 6.07) is 5.44. The molecule has 5 rings (SSSR count). The predicted molar refractivity (Wildman–Crippen MR) is 126 cm³/mol. The molecule has 1 amide bonds. The van der Waals surface area contributed by atoms with E-state index in [9.17, 15) is 18.0 Å². The summed E-state index contributed by atoms with van der Waals surface area (Å²) in [5, 5.41) is 3.21. The van der Waals surface area contributed by atoms with Crippen LogP contribution >= 0.6 is 0 Å². The van der Waals surface area contributed by atoms with Gasteiger partial charge < -0.3 is 19.9 Å². The molecule has 0 saturated carbocycles. The molecule has 0 bridgehead atoms. The monoisotopic (exact) mass is 497 g/mol. The molecule has 0 spiro atoms. The fourth-order valence-electron chi connectivity index (χ4n) is 4.17. The number of nitrogens with zero attached hydrogens (tertiary/aromatic N) is 6. The predicted octanol–water partition coefficient (Wildman–Crippen LogP) is 4.32. The minimum absolute atomic E-state index is 0.0433. The molecule has 2 aliphatic rings. The van der Waals surface area contributed by atoms with Gasteiger partial charge in [0.15, 0.2) is 5.82 Å². The number of allylic oxidation sites excluding steroid dienone is 1. The van der Waals surface area contributed by atoms with Crippen molar-refractivity contribution in [2.24, 2.45) is 0 Å². The Bertz CT molecular complexity index is 1330. The number of halogens is 3. The van der Waals surface area contributed by atoms with E-state index in [0.717, 1.165) is 42.0 Å². The third-order valence-electron chi connectivity index (χ3n) is 5.92. The highest BCUT2D eigenvalue weighted by molar-refractivity contribution is 6.13. The fraction of sp³-hybridized carbons (Fsp3) is 0.292. The third-order valence-corrected chi connectivity index (χ3v) is 5.92. The first kappa shape index (κ1) is 23.5. The summed E-state index contributed by atoms with van der Waals surface area (Å²) in [6.07, 6.45) is 1.46. The number of ether oxygens (including phenoxy) is 1. The van der Waals surface area contributed by atoms with Gasteiger partial charge in [0.1, 0.15) is 22.8 Å². The number of likely N-dealkylation sites (N-methyl/N-ethyl adjacent to an activating group) is 1. The lowest BCUT2D eigenvalue weighted by Gasteiger charge is -2.39. The zero-order valence-electron chi connectivity index (χ0n) is 19.5. The van der Waals surface area contributed by atoms with Gasteiger partial charge >= 0.3 is 6.18 Å². The quantitative estimate of drug-likeness (QED) is 0.521. The van der Waals surface area contributed by atoms with E-state index in [1.165, 1.54) is 6.07 Å². The molecule has 0 atom stereocenters. The van der Waals surface area contributed by atoms with Crippen LogP contribution in [0.15, 0.2) is 48.4 Å². The highest BCUT2D eigenvalue weighted by atomic mass is 19.4. The molecule has 0 aromatic carbocycles. The van der Waals surface area contributed by atoms with Gasteiger partial charge in [-0.3, -0.25) is 4.79 Å². The summed E-state index contributed by atoms with van der Waals surface area (Å²) in [5.74, 6) is 1.45. The number of rotatable bonds is 5. The van der Waals surface area contributed by atoms with Crippen molar-refractivity contribution in [1.82, 2.24) is 19.9 Å². The Morgan fingerprint density at radius 3 is 2.64 bits per heavy atom. The van der Waals surface area contributed by atoms with Gasteiger partial charge in [0, 0.05) is 32.4 Å². The number of alkyl halides is 3. The molecule has 0 radical (unpaired) electrons. The maximum Gasteiger partial charge on any atom is 0.433 e. The molecule has 3 aromatic rings. The van der Waals surface area contributed by atoms with Crippen LogP contribution in [-0.4, -0.2) is 39.4 Å². The van der Waals surface area contributed by atoms with Gasteiger partial charge in [-0.25, -0.2) is 15.0 Å². The van der Waals surface area contributed by atoms with Gasteiger partial charge in [-0.1, -0.05) is 12.1 Å². The average molecular weight is 497 g/mol. The fourth-order valence-corrected chi connectivity index (χ4v) is 4.17.